The van der Waals surface area contributed by atoms with E-state index in [-0.39, 0.29) is 36.0 Å². The summed E-state index contributed by atoms with van der Waals surface area (Å²) in [5.41, 5.74) is 0.112. The summed E-state index contributed by atoms with van der Waals surface area (Å²) in [6, 6.07) is 0. The lowest BCUT2D eigenvalue weighted by atomic mass is 9.79. The molecule has 0 aromatic carbocycles. The molecule has 1 heterocycles. The maximum atomic E-state index is 9.28. The molecule has 1 aliphatic rings. The van der Waals surface area contributed by atoms with Gasteiger partial charge in [-0.15, -0.1) is 24.0 Å². The molecule has 0 bridgehead atoms. The number of aliphatic imine (C=N–C) groups is 1. The van der Waals surface area contributed by atoms with E-state index in [1.54, 1.807) is 0 Å². The van der Waals surface area contributed by atoms with E-state index in [9.17, 15) is 5.11 Å². The lowest BCUT2D eigenvalue weighted by Gasteiger charge is -2.29. The van der Waals surface area contributed by atoms with Crippen LogP contribution in [-0.4, -0.2) is 50.0 Å². The summed E-state index contributed by atoms with van der Waals surface area (Å²) in [7, 11) is 0. The van der Waals surface area contributed by atoms with Crippen LogP contribution in [0.3, 0.4) is 0 Å². The minimum absolute atomic E-state index is 0. The topological polar surface area (TPSA) is 65.9 Å². The molecule has 1 fully saturated rings. The molecule has 132 valence electrons. The van der Waals surface area contributed by atoms with Gasteiger partial charge in [0.05, 0.1) is 6.10 Å². The van der Waals surface area contributed by atoms with Crippen LogP contribution in [0.4, 0.5) is 0 Å². The Morgan fingerprint density at radius 2 is 2.00 bits per heavy atom. The largest absolute Gasteiger partial charge is 0.396 e. The van der Waals surface area contributed by atoms with E-state index in [2.05, 4.69) is 31.4 Å². The Labute approximate surface area is 152 Å². The van der Waals surface area contributed by atoms with Gasteiger partial charge in [0.2, 0.25) is 0 Å². The van der Waals surface area contributed by atoms with Crippen LogP contribution < -0.4 is 10.6 Å². The number of rotatable bonds is 9. The van der Waals surface area contributed by atoms with Crippen LogP contribution in [0.25, 0.3) is 0 Å². The van der Waals surface area contributed by atoms with E-state index < -0.39 is 0 Å². The highest BCUT2D eigenvalue weighted by Gasteiger charge is 2.25. The quantitative estimate of drug-likeness (QED) is 0.301. The molecule has 1 unspecified atom stereocenters. The maximum Gasteiger partial charge on any atom is 0.191 e. The fourth-order valence-corrected chi connectivity index (χ4v) is 2.75. The number of nitrogens with zero attached hydrogens (tertiary/aromatic N) is 1. The molecule has 1 saturated heterocycles. The minimum Gasteiger partial charge on any atom is -0.396 e. The molecule has 1 atom stereocenters. The third kappa shape index (κ3) is 7.46. The maximum absolute atomic E-state index is 9.28. The third-order valence-corrected chi connectivity index (χ3v) is 4.58. The molecular weight excluding hydrogens is 393 g/mol. The fourth-order valence-electron chi connectivity index (χ4n) is 2.75. The van der Waals surface area contributed by atoms with Crippen LogP contribution in [0.2, 0.25) is 0 Å². The molecule has 5 nitrogen and oxygen atoms in total. The Morgan fingerprint density at radius 1 is 1.27 bits per heavy atom. The highest BCUT2D eigenvalue weighted by Crippen LogP contribution is 2.30. The summed E-state index contributed by atoms with van der Waals surface area (Å²) < 4.78 is 5.63. The first-order valence-corrected chi connectivity index (χ1v) is 8.44. The smallest absolute Gasteiger partial charge is 0.191 e. The van der Waals surface area contributed by atoms with Crippen LogP contribution in [0.1, 0.15) is 52.9 Å². The van der Waals surface area contributed by atoms with E-state index in [0.717, 1.165) is 64.3 Å². The standard InChI is InChI=1S/C16H33N3O2.HI/c1-4-16(5-2,9-10-20)13-19-15(17-6-3)18-12-14-8-7-11-21-14;/h14,20H,4-13H2,1-3H3,(H2,17,18,19);1H. The van der Waals surface area contributed by atoms with Gasteiger partial charge in [-0.25, -0.2) is 0 Å². The van der Waals surface area contributed by atoms with Gasteiger partial charge in [0, 0.05) is 32.8 Å². The molecule has 22 heavy (non-hydrogen) atoms. The fraction of sp³-hybridized carbons (Fsp3) is 0.938. The molecule has 0 radical (unpaired) electrons. The summed E-state index contributed by atoms with van der Waals surface area (Å²) in [6.45, 7) is 9.97. The Balaban J connectivity index is 0.00000441. The van der Waals surface area contributed by atoms with E-state index in [1.165, 1.54) is 0 Å². The van der Waals surface area contributed by atoms with Crippen molar-refractivity contribution in [3.8, 4) is 0 Å². The summed E-state index contributed by atoms with van der Waals surface area (Å²) in [5, 5.41) is 16.0. The molecular formula is C16H34IN3O2. The summed E-state index contributed by atoms with van der Waals surface area (Å²) in [5.74, 6) is 0.859. The number of aliphatic hydroxyl groups excluding tert-OH is 1. The molecule has 3 N–H and O–H groups in total. The molecule has 6 heteroatoms. The van der Waals surface area contributed by atoms with Gasteiger partial charge in [-0.1, -0.05) is 13.8 Å². The van der Waals surface area contributed by atoms with Crippen molar-refractivity contribution in [1.82, 2.24) is 10.6 Å². The zero-order valence-corrected chi connectivity index (χ0v) is 16.7. The van der Waals surface area contributed by atoms with E-state index in [1.807, 2.05) is 0 Å². The predicted molar refractivity (Wildman–Crippen MR) is 103 cm³/mol. The van der Waals surface area contributed by atoms with E-state index >= 15 is 0 Å². The summed E-state index contributed by atoms with van der Waals surface area (Å²) >= 11 is 0. The predicted octanol–water partition coefficient (Wildman–Crippen LogP) is 2.53. The SMILES string of the molecule is CCNC(=NCC(CC)(CC)CCO)NCC1CCCO1.I. The highest BCUT2D eigenvalue weighted by molar-refractivity contribution is 14.0. The van der Waals surface area contributed by atoms with E-state index in [4.69, 9.17) is 9.73 Å². The van der Waals surface area contributed by atoms with Crippen LogP contribution in [0, 0.1) is 5.41 Å². The van der Waals surface area contributed by atoms with Crippen molar-refractivity contribution in [1.29, 1.82) is 0 Å². The van der Waals surface area contributed by atoms with Gasteiger partial charge in [-0.05, 0) is 44.4 Å². The van der Waals surface area contributed by atoms with Crippen molar-refractivity contribution in [2.45, 2.75) is 59.0 Å². The molecule has 0 aromatic heterocycles. The van der Waals surface area contributed by atoms with Crippen LogP contribution in [-0.2, 0) is 4.74 Å². The normalized spacial score (nSPS) is 18.9. The Morgan fingerprint density at radius 3 is 2.50 bits per heavy atom. The summed E-state index contributed by atoms with van der Waals surface area (Å²) in [6.07, 6.45) is 5.50. The Kier molecular flexibility index (Phi) is 12.3. The zero-order valence-electron chi connectivity index (χ0n) is 14.4. The van der Waals surface area contributed by atoms with Crippen LogP contribution in [0.15, 0.2) is 4.99 Å². The second kappa shape index (κ2) is 12.4. The molecule has 0 saturated carbocycles. The van der Waals surface area contributed by atoms with Crippen molar-refractivity contribution in [2.75, 3.05) is 32.8 Å². The first-order chi connectivity index (χ1) is 10.2. The second-order valence-corrected chi connectivity index (χ2v) is 5.89. The summed E-state index contributed by atoms with van der Waals surface area (Å²) in [4.78, 5) is 4.73. The second-order valence-electron chi connectivity index (χ2n) is 5.89. The van der Waals surface area contributed by atoms with Crippen LogP contribution in [0.5, 0.6) is 0 Å². The third-order valence-electron chi connectivity index (χ3n) is 4.58. The van der Waals surface area contributed by atoms with E-state index in [0.29, 0.717) is 6.10 Å². The molecule has 0 spiro atoms. The lowest BCUT2D eigenvalue weighted by molar-refractivity contribution is 0.113. The number of hydrogen-bond donors (Lipinski definition) is 3. The van der Waals surface area contributed by atoms with Crippen molar-refractivity contribution < 1.29 is 9.84 Å². The molecule has 0 aliphatic carbocycles. The lowest BCUT2D eigenvalue weighted by Crippen LogP contribution is -2.42. The molecule has 0 aromatic rings. The van der Waals surface area contributed by atoms with Gasteiger partial charge in [0.25, 0.3) is 0 Å². The Bertz CT molecular complexity index is 304. The molecule has 1 aliphatic heterocycles. The van der Waals surface area contributed by atoms with Crippen molar-refractivity contribution in [3.63, 3.8) is 0 Å². The number of hydrogen-bond acceptors (Lipinski definition) is 3. The Hall–Kier alpha value is -0.0800. The monoisotopic (exact) mass is 427 g/mol. The molecule has 1 rings (SSSR count). The van der Waals surface area contributed by atoms with Gasteiger partial charge in [0.1, 0.15) is 0 Å². The zero-order chi connectivity index (χ0) is 15.6. The highest BCUT2D eigenvalue weighted by atomic mass is 127. The van der Waals surface area contributed by atoms with Gasteiger partial charge in [-0.2, -0.15) is 0 Å². The van der Waals surface area contributed by atoms with Crippen molar-refractivity contribution in [3.05, 3.63) is 0 Å². The average Bonchev–Trinajstić information content (AvgIpc) is 3.02. The van der Waals surface area contributed by atoms with Gasteiger partial charge < -0.3 is 20.5 Å². The minimum atomic E-state index is 0. The number of halogens is 1. The number of nitrogens with one attached hydrogen (secondary N) is 2. The first kappa shape index (κ1) is 21.9. The average molecular weight is 427 g/mol. The van der Waals surface area contributed by atoms with Gasteiger partial charge >= 0.3 is 0 Å². The van der Waals surface area contributed by atoms with Crippen LogP contribution >= 0.6 is 24.0 Å². The van der Waals surface area contributed by atoms with Gasteiger partial charge in [-0.3, -0.25) is 4.99 Å². The number of ether oxygens (including phenoxy) is 1. The molecule has 0 amide bonds. The number of guanidine groups is 1. The van der Waals surface area contributed by atoms with Crippen molar-refractivity contribution in [2.24, 2.45) is 10.4 Å². The van der Waals surface area contributed by atoms with Crippen molar-refractivity contribution >= 4 is 29.9 Å². The first-order valence-electron chi connectivity index (χ1n) is 8.44. The van der Waals surface area contributed by atoms with Gasteiger partial charge in [0.15, 0.2) is 5.96 Å². The number of aliphatic hydroxyl groups is 1.